The number of carboxylic acid groups (broad SMARTS) is 1. The molecule has 0 bridgehead atoms. The van der Waals surface area contributed by atoms with Gasteiger partial charge in [-0.25, -0.2) is 0 Å². The predicted molar refractivity (Wildman–Crippen MR) is 153 cm³/mol. The van der Waals surface area contributed by atoms with Crippen molar-refractivity contribution in [3.63, 3.8) is 0 Å². The van der Waals surface area contributed by atoms with Crippen LogP contribution in [0.5, 0.6) is 5.75 Å². The molecule has 224 valence electrons. The molecule has 0 spiro atoms. The van der Waals surface area contributed by atoms with Crippen molar-refractivity contribution in [2.24, 2.45) is 5.92 Å². The number of carbonyl (C=O) groups excluding carboxylic acids is 2. The summed E-state index contributed by atoms with van der Waals surface area (Å²) >= 11 is 0. The van der Waals surface area contributed by atoms with Crippen molar-refractivity contribution in [2.75, 3.05) is 13.2 Å². The minimum atomic E-state index is -2.20. The smallest absolute Gasteiger partial charge is 0.310 e. The van der Waals surface area contributed by atoms with Crippen LogP contribution in [0.15, 0.2) is 30.3 Å². The van der Waals surface area contributed by atoms with E-state index < -0.39 is 79.0 Å². The van der Waals surface area contributed by atoms with Crippen molar-refractivity contribution < 1.29 is 45.0 Å². The molecule has 1 aliphatic rings. The van der Waals surface area contributed by atoms with E-state index in [0.29, 0.717) is 22.6 Å². The van der Waals surface area contributed by atoms with Crippen LogP contribution in [-0.4, -0.2) is 72.6 Å². The number of phenols is 1. The van der Waals surface area contributed by atoms with Crippen LogP contribution in [-0.2, 0) is 21.4 Å². The van der Waals surface area contributed by atoms with Crippen molar-refractivity contribution in [3.8, 4) is 16.9 Å². The molecule has 3 atom stereocenters. The van der Waals surface area contributed by atoms with E-state index in [1.807, 2.05) is 51.1 Å². The Bertz CT molecular complexity index is 1310. The standard InChI is InChI=1S/C32H42O9/c1-18(2)19-6-8-20(9-7-19)21-12-23(30(3,4)5)29(39)28-22(21)14-31(40,15-26(28)36)17-32(41,10-11-33)24(16-34)25(35)13-27(37)38/h6-9,12,18,24,33-34,39-41H,10-11,13-17H2,1-5H3,(H,37,38). The highest BCUT2D eigenvalue weighted by Crippen LogP contribution is 2.47. The Morgan fingerprint density at radius 1 is 1.05 bits per heavy atom. The van der Waals surface area contributed by atoms with E-state index in [1.165, 1.54) is 0 Å². The topological polar surface area (TPSA) is 173 Å². The first kappa shape index (κ1) is 32.4. The third-order valence-corrected chi connectivity index (χ3v) is 8.10. The number of aliphatic carboxylic acids is 1. The van der Waals surface area contributed by atoms with Crippen LogP contribution < -0.4 is 0 Å². The molecule has 6 N–H and O–H groups in total. The molecule has 0 saturated carbocycles. The average Bonchev–Trinajstić information content (AvgIpc) is 2.82. The Morgan fingerprint density at radius 3 is 2.15 bits per heavy atom. The number of aromatic hydroxyl groups is 1. The second kappa shape index (κ2) is 12.0. The summed E-state index contributed by atoms with van der Waals surface area (Å²) in [6, 6.07) is 9.60. The summed E-state index contributed by atoms with van der Waals surface area (Å²) < 4.78 is 0. The zero-order chi connectivity index (χ0) is 30.9. The fourth-order valence-corrected chi connectivity index (χ4v) is 5.97. The van der Waals surface area contributed by atoms with Crippen molar-refractivity contribution in [1.29, 1.82) is 0 Å². The van der Waals surface area contributed by atoms with Crippen LogP contribution in [0.2, 0.25) is 0 Å². The largest absolute Gasteiger partial charge is 0.507 e. The van der Waals surface area contributed by atoms with E-state index in [2.05, 4.69) is 13.8 Å². The van der Waals surface area contributed by atoms with Gasteiger partial charge in [0.05, 0.1) is 29.3 Å². The van der Waals surface area contributed by atoms with Crippen molar-refractivity contribution in [2.45, 2.75) is 89.3 Å². The SMILES string of the molecule is CC(C)c1ccc(-c2cc(C(C)(C)C)c(O)c3c2CC(O)(CC(O)(CCO)C(CO)C(=O)CC(=O)O)CC3=O)cc1. The molecule has 0 amide bonds. The number of ketones is 2. The van der Waals surface area contributed by atoms with Gasteiger partial charge in [-0.2, -0.15) is 0 Å². The highest BCUT2D eigenvalue weighted by molar-refractivity contribution is 6.04. The van der Waals surface area contributed by atoms with Gasteiger partial charge in [0.2, 0.25) is 0 Å². The van der Waals surface area contributed by atoms with Crippen molar-refractivity contribution >= 4 is 17.5 Å². The number of aliphatic hydroxyl groups excluding tert-OH is 2. The molecule has 9 heteroatoms. The maximum absolute atomic E-state index is 13.6. The van der Waals surface area contributed by atoms with E-state index in [0.717, 1.165) is 11.1 Å². The van der Waals surface area contributed by atoms with Gasteiger partial charge < -0.3 is 30.6 Å². The van der Waals surface area contributed by atoms with Gasteiger partial charge in [-0.3, -0.25) is 14.4 Å². The van der Waals surface area contributed by atoms with E-state index in [1.54, 1.807) is 0 Å². The fourth-order valence-electron chi connectivity index (χ4n) is 5.97. The Hall–Kier alpha value is -3.11. The maximum atomic E-state index is 13.6. The Kier molecular flexibility index (Phi) is 9.50. The number of fused-ring (bicyclic) bond motifs is 1. The van der Waals surface area contributed by atoms with Gasteiger partial charge in [0, 0.05) is 37.9 Å². The van der Waals surface area contributed by atoms with Gasteiger partial charge in [-0.15, -0.1) is 0 Å². The number of hydrogen-bond acceptors (Lipinski definition) is 8. The summed E-state index contributed by atoms with van der Waals surface area (Å²) in [4.78, 5) is 37.4. The lowest BCUT2D eigenvalue weighted by Crippen LogP contribution is -2.53. The number of rotatable bonds is 11. The van der Waals surface area contributed by atoms with Gasteiger partial charge in [0.25, 0.3) is 0 Å². The van der Waals surface area contributed by atoms with Crippen LogP contribution in [0.3, 0.4) is 0 Å². The van der Waals surface area contributed by atoms with Crippen LogP contribution in [0.4, 0.5) is 0 Å². The maximum Gasteiger partial charge on any atom is 0.310 e. The van der Waals surface area contributed by atoms with Crippen molar-refractivity contribution in [1.82, 2.24) is 0 Å². The van der Waals surface area contributed by atoms with E-state index >= 15 is 0 Å². The number of aliphatic hydroxyl groups is 4. The highest BCUT2D eigenvalue weighted by atomic mass is 16.4. The number of hydrogen-bond donors (Lipinski definition) is 6. The lowest BCUT2D eigenvalue weighted by molar-refractivity contribution is -0.151. The number of benzene rings is 2. The molecule has 0 radical (unpaired) electrons. The van der Waals surface area contributed by atoms with Crippen LogP contribution in [0.1, 0.15) is 93.3 Å². The summed E-state index contributed by atoms with van der Waals surface area (Å²) in [6.07, 6.45) is -2.65. The molecule has 1 aliphatic carbocycles. The Labute approximate surface area is 240 Å². The summed E-state index contributed by atoms with van der Waals surface area (Å²) in [6.45, 7) is 8.37. The quantitative estimate of drug-likeness (QED) is 0.221. The molecule has 3 rings (SSSR count). The number of Topliss-reactive ketones (excluding diaryl/α,β-unsaturated/α-hetero) is 2. The molecule has 2 aromatic carbocycles. The zero-order valence-corrected chi connectivity index (χ0v) is 24.4. The Balaban J connectivity index is 2.17. The van der Waals surface area contributed by atoms with Crippen LogP contribution in [0.25, 0.3) is 11.1 Å². The molecule has 3 unspecified atom stereocenters. The molecule has 0 saturated heterocycles. The summed E-state index contributed by atoms with van der Waals surface area (Å²) in [7, 11) is 0. The number of carbonyl (C=O) groups is 3. The van der Waals surface area contributed by atoms with Crippen LogP contribution >= 0.6 is 0 Å². The van der Waals surface area contributed by atoms with E-state index in [9.17, 15) is 39.9 Å². The minimum Gasteiger partial charge on any atom is -0.507 e. The van der Waals surface area contributed by atoms with Gasteiger partial charge in [-0.1, -0.05) is 58.9 Å². The predicted octanol–water partition coefficient (Wildman–Crippen LogP) is 3.50. The second-order valence-corrected chi connectivity index (χ2v) is 12.7. The first-order valence-corrected chi connectivity index (χ1v) is 13.9. The first-order chi connectivity index (χ1) is 19.0. The fraction of sp³-hybridized carbons (Fsp3) is 0.531. The number of carboxylic acids is 1. The van der Waals surface area contributed by atoms with Gasteiger partial charge in [0.15, 0.2) is 11.6 Å². The molecule has 9 nitrogen and oxygen atoms in total. The molecular weight excluding hydrogens is 528 g/mol. The lowest BCUT2D eigenvalue weighted by Gasteiger charge is -2.43. The summed E-state index contributed by atoms with van der Waals surface area (Å²) in [5.41, 5.74) is -1.08. The average molecular weight is 571 g/mol. The van der Waals surface area contributed by atoms with Gasteiger partial charge in [0.1, 0.15) is 12.2 Å². The van der Waals surface area contributed by atoms with Crippen molar-refractivity contribution in [3.05, 3.63) is 52.6 Å². The molecule has 2 aromatic rings. The molecule has 41 heavy (non-hydrogen) atoms. The third kappa shape index (κ3) is 6.86. The summed E-state index contributed by atoms with van der Waals surface area (Å²) in [5.74, 6) is -4.44. The molecule has 0 aromatic heterocycles. The van der Waals surface area contributed by atoms with E-state index in [4.69, 9.17) is 5.11 Å². The van der Waals surface area contributed by atoms with Gasteiger partial charge in [-0.05, 0) is 39.7 Å². The van der Waals surface area contributed by atoms with Gasteiger partial charge >= 0.3 is 5.97 Å². The number of phenolic OH excluding ortho intramolecular Hbond substituents is 1. The highest BCUT2D eigenvalue weighted by Gasteiger charge is 2.50. The van der Waals surface area contributed by atoms with E-state index in [-0.39, 0.29) is 17.7 Å². The lowest BCUT2D eigenvalue weighted by atomic mass is 9.67. The zero-order valence-electron chi connectivity index (χ0n) is 24.4. The monoisotopic (exact) mass is 570 g/mol. The molecular formula is C32H42O9. The third-order valence-electron chi connectivity index (χ3n) is 8.10. The molecule has 0 fully saturated rings. The normalized spacial score (nSPS) is 19.5. The molecule has 0 heterocycles. The molecule has 0 aliphatic heterocycles. The van der Waals surface area contributed by atoms with Crippen LogP contribution in [0, 0.1) is 5.92 Å². The Morgan fingerprint density at radius 2 is 1.66 bits per heavy atom. The first-order valence-electron chi connectivity index (χ1n) is 13.9. The summed E-state index contributed by atoms with van der Waals surface area (Å²) in [5, 5.41) is 63.3. The minimum absolute atomic E-state index is 0.0939. The second-order valence-electron chi connectivity index (χ2n) is 12.7.